The quantitative estimate of drug-likeness (QED) is 0.0149. The first-order valence-corrected chi connectivity index (χ1v) is 31.6. The molecule has 1 rings (SSSR count). The lowest BCUT2D eigenvalue weighted by Gasteiger charge is -2.41. The maximum atomic E-state index is 13.4. The number of aliphatic hydroxyl groups excluding tert-OH is 5. The average molecular weight is 1090 g/mol. The standard InChI is InChI=1S/C67H115NO10/c1-4-7-10-13-16-19-22-25-27-28-29-30-31-32-33-34-35-37-40-43-46-49-52-55-62(72)78-65-64(74)63(73)61(56-69)77-67(65)76-57-58(59(70)53-50-47-44-41-38-24-21-18-15-12-9-6-3)68-66(75)60(71)54-51-48-45-42-39-36-26-23-20-17-14-11-8-5-2/h8,11,14,16-17,19-20,23,25-27,29-30,36,50,53,58-61,63-65,67,69-71,73-74H,4-7,9-10,12-13,15,18,21-22,24,28,31-35,37-49,51-52,54-57H2,1-3H3,(H,68,75)/b11-8+,17-14+,19-16-,23-20+,27-25-,30-29-,36-26-,53-50+. The van der Waals surface area contributed by atoms with Crippen molar-refractivity contribution in [1.29, 1.82) is 0 Å². The Morgan fingerprint density at radius 3 is 1.53 bits per heavy atom. The number of nitrogens with one attached hydrogen (secondary N) is 1. The smallest absolute Gasteiger partial charge is 0.306 e. The first-order chi connectivity index (χ1) is 38.2. The lowest BCUT2D eigenvalue weighted by Crippen LogP contribution is -2.61. The number of ether oxygens (including phenoxy) is 3. The summed E-state index contributed by atoms with van der Waals surface area (Å²) >= 11 is 0. The molecule has 11 heteroatoms. The molecule has 448 valence electrons. The van der Waals surface area contributed by atoms with Gasteiger partial charge in [0, 0.05) is 6.42 Å². The summed E-state index contributed by atoms with van der Waals surface area (Å²) in [5.41, 5.74) is 0. The maximum absolute atomic E-state index is 13.4. The second-order valence-electron chi connectivity index (χ2n) is 21.5. The summed E-state index contributed by atoms with van der Waals surface area (Å²) in [4.78, 5) is 26.5. The van der Waals surface area contributed by atoms with Crippen molar-refractivity contribution in [1.82, 2.24) is 5.32 Å². The Kier molecular flexibility index (Phi) is 50.4. The number of unbranched alkanes of at least 4 members (excludes halogenated alkanes) is 27. The van der Waals surface area contributed by atoms with Crippen molar-refractivity contribution < 1.29 is 49.3 Å². The lowest BCUT2D eigenvalue weighted by molar-refractivity contribution is -0.305. The third-order valence-electron chi connectivity index (χ3n) is 14.3. The predicted octanol–water partition coefficient (Wildman–Crippen LogP) is 15.1. The average Bonchev–Trinajstić information content (AvgIpc) is 3.45. The Labute approximate surface area is 475 Å². The molecule has 1 amide bonds. The van der Waals surface area contributed by atoms with Crippen LogP contribution >= 0.6 is 0 Å². The minimum atomic E-state index is -1.62. The second-order valence-corrected chi connectivity index (χ2v) is 21.5. The van der Waals surface area contributed by atoms with E-state index in [0.29, 0.717) is 12.8 Å². The minimum absolute atomic E-state index is 0.111. The molecule has 0 aliphatic carbocycles. The van der Waals surface area contributed by atoms with Crippen LogP contribution in [0.1, 0.15) is 252 Å². The Hall–Kier alpha value is -3.42. The van der Waals surface area contributed by atoms with Crippen molar-refractivity contribution in [2.24, 2.45) is 0 Å². The summed E-state index contributed by atoms with van der Waals surface area (Å²) in [5.74, 6) is -1.23. The van der Waals surface area contributed by atoms with Crippen LogP contribution in [0.25, 0.3) is 0 Å². The van der Waals surface area contributed by atoms with Gasteiger partial charge in [-0.3, -0.25) is 9.59 Å². The lowest BCUT2D eigenvalue weighted by atomic mass is 9.99. The predicted molar refractivity (Wildman–Crippen MR) is 324 cm³/mol. The zero-order valence-corrected chi connectivity index (χ0v) is 49.5. The van der Waals surface area contributed by atoms with Gasteiger partial charge >= 0.3 is 5.97 Å². The summed E-state index contributed by atoms with van der Waals surface area (Å²) in [5, 5.41) is 56.9. The van der Waals surface area contributed by atoms with Gasteiger partial charge in [-0.25, -0.2) is 0 Å². The molecule has 0 aromatic carbocycles. The van der Waals surface area contributed by atoms with E-state index in [4.69, 9.17) is 14.2 Å². The second kappa shape index (κ2) is 54.2. The molecule has 0 aromatic heterocycles. The summed E-state index contributed by atoms with van der Waals surface area (Å²) < 4.78 is 17.6. The molecule has 1 saturated heterocycles. The van der Waals surface area contributed by atoms with E-state index in [1.807, 2.05) is 42.5 Å². The van der Waals surface area contributed by atoms with E-state index in [9.17, 15) is 35.1 Å². The summed E-state index contributed by atoms with van der Waals surface area (Å²) in [6, 6.07) is -1.04. The number of esters is 1. The Morgan fingerprint density at radius 2 is 0.974 bits per heavy atom. The van der Waals surface area contributed by atoms with Gasteiger partial charge in [0.1, 0.15) is 24.4 Å². The van der Waals surface area contributed by atoms with Crippen molar-refractivity contribution in [3.63, 3.8) is 0 Å². The first-order valence-electron chi connectivity index (χ1n) is 31.6. The third-order valence-corrected chi connectivity index (χ3v) is 14.3. The number of hydrogen-bond donors (Lipinski definition) is 6. The van der Waals surface area contributed by atoms with Gasteiger partial charge in [0.25, 0.3) is 0 Å². The van der Waals surface area contributed by atoms with Crippen molar-refractivity contribution in [2.45, 2.75) is 301 Å². The molecule has 0 bridgehead atoms. The molecule has 1 aliphatic heterocycles. The fourth-order valence-corrected chi connectivity index (χ4v) is 9.32. The number of carbonyl (C=O) groups is 2. The van der Waals surface area contributed by atoms with E-state index < -0.39 is 67.4 Å². The van der Waals surface area contributed by atoms with E-state index >= 15 is 0 Å². The van der Waals surface area contributed by atoms with Gasteiger partial charge in [-0.05, 0) is 83.5 Å². The van der Waals surface area contributed by atoms with Crippen molar-refractivity contribution in [3.8, 4) is 0 Å². The van der Waals surface area contributed by atoms with Gasteiger partial charge in [-0.1, -0.05) is 259 Å². The van der Waals surface area contributed by atoms with Gasteiger partial charge in [0.05, 0.1) is 25.4 Å². The third kappa shape index (κ3) is 41.6. The topological polar surface area (TPSA) is 175 Å². The summed E-state index contributed by atoms with van der Waals surface area (Å²) in [7, 11) is 0. The van der Waals surface area contributed by atoms with Crippen LogP contribution in [0.2, 0.25) is 0 Å². The molecule has 1 fully saturated rings. The van der Waals surface area contributed by atoms with E-state index in [-0.39, 0.29) is 19.4 Å². The Bertz CT molecular complexity index is 1630. The molecule has 1 heterocycles. The zero-order valence-electron chi connectivity index (χ0n) is 49.5. The van der Waals surface area contributed by atoms with E-state index in [1.165, 1.54) is 103 Å². The van der Waals surface area contributed by atoms with Crippen molar-refractivity contribution >= 4 is 11.9 Å². The highest BCUT2D eigenvalue weighted by Gasteiger charge is 2.47. The number of amides is 1. The van der Waals surface area contributed by atoms with Crippen molar-refractivity contribution in [3.05, 3.63) is 97.2 Å². The fraction of sp³-hybridized carbons (Fsp3) is 0.731. The first kappa shape index (κ1) is 72.6. The van der Waals surface area contributed by atoms with Crippen LogP contribution in [0.5, 0.6) is 0 Å². The molecular formula is C67H115NO10. The summed E-state index contributed by atoms with van der Waals surface area (Å²) in [6.45, 7) is 5.60. The molecule has 11 nitrogen and oxygen atoms in total. The number of carbonyl (C=O) groups excluding carboxylic acids is 2. The molecule has 8 atom stereocenters. The van der Waals surface area contributed by atoms with Crippen LogP contribution < -0.4 is 5.32 Å². The molecule has 78 heavy (non-hydrogen) atoms. The van der Waals surface area contributed by atoms with Gasteiger partial charge in [0.15, 0.2) is 12.4 Å². The highest BCUT2D eigenvalue weighted by molar-refractivity contribution is 5.80. The SMILES string of the molecule is CC/C=C/C=C/C=C/C=C\CCCCCCC(O)C(=O)NC(COC1OC(CO)C(O)C(O)C1OC(=O)CCCCCCCCCCCC/C=C\C/C=C\C/C=C\CCCCC)C(O)/C=C/CCCCCCCCCCCC. The molecule has 8 unspecified atom stereocenters. The molecule has 1 aliphatic rings. The fourth-order valence-electron chi connectivity index (χ4n) is 9.32. The number of allylic oxidation sites excluding steroid dienone is 15. The highest BCUT2D eigenvalue weighted by atomic mass is 16.7. The molecule has 0 saturated carbocycles. The van der Waals surface area contributed by atoms with Crippen LogP contribution in [0, 0.1) is 0 Å². The zero-order chi connectivity index (χ0) is 56.8. The number of aliphatic hydroxyl groups is 5. The van der Waals surface area contributed by atoms with E-state index in [1.54, 1.807) is 6.08 Å². The monoisotopic (exact) mass is 1090 g/mol. The van der Waals surface area contributed by atoms with Gasteiger partial charge < -0.3 is 45.1 Å². The maximum Gasteiger partial charge on any atom is 0.306 e. The van der Waals surface area contributed by atoms with Gasteiger partial charge in [0.2, 0.25) is 5.91 Å². The molecule has 0 spiro atoms. The molecular weight excluding hydrogens is 979 g/mol. The summed E-state index contributed by atoms with van der Waals surface area (Å²) in [6.07, 6.45) is 61.6. The van der Waals surface area contributed by atoms with Crippen LogP contribution in [0.4, 0.5) is 0 Å². The Balaban J connectivity index is 2.65. The number of hydrogen-bond acceptors (Lipinski definition) is 10. The van der Waals surface area contributed by atoms with Gasteiger partial charge in [-0.15, -0.1) is 0 Å². The normalized spacial score (nSPS) is 19.6. The van der Waals surface area contributed by atoms with Crippen LogP contribution in [-0.2, 0) is 23.8 Å². The van der Waals surface area contributed by atoms with Crippen LogP contribution in [-0.4, -0.2) is 99.6 Å². The molecule has 0 aromatic rings. The van der Waals surface area contributed by atoms with Crippen LogP contribution in [0.3, 0.4) is 0 Å². The van der Waals surface area contributed by atoms with Gasteiger partial charge in [-0.2, -0.15) is 0 Å². The van der Waals surface area contributed by atoms with Crippen LogP contribution in [0.15, 0.2) is 97.2 Å². The van der Waals surface area contributed by atoms with E-state index in [0.717, 1.165) is 103 Å². The number of rotatable bonds is 52. The largest absolute Gasteiger partial charge is 0.454 e. The van der Waals surface area contributed by atoms with E-state index in [2.05, 4.69) is 74.7 Å². The minimum Gasteiger partial charge on any atom is -0.454 e. The van der Waals surface area contributed by atoms with Crippen molar-refractivity contribution in [2.75, 3.05) is 13.2 Å². The Morgan fingerprint density at radius 1 is 0.526 bits per heavy atom. The molecule has 0 radical (unpaired) electrons. The highest BCUT2D eigenvalue weighted by Crippen LogP contribution is 2.26. The molecule has 6 N–H and O–H groups in total.